The molecule has 0 aliphatic carbocycles. The van der Waals surface area contributed by atoms with Gasteiger partial charge in [0.15, 0.2) is 5.78 Å². The molecule has 3 rings (SSSR count). The number of hydrogen-bond acceptors (Lipinski definition) is 5. The van der Waals surface area contributed by atoms with Crippen molar-refractivity contribution in [2.24, 2.45) is 5.10 Å². The van der Waals surface area contributed by atoms with Crippen LogP contribution in [0.25, 0.3) is 0 Å². The van der Waals surface area contributed by atoms with Crippen molar-refractivity contribution in [2.45, 2.75) is 19.4 Å². The first-order chi connectivity index (χ1) is 13.0. The van der Waals surface area contributed by atoms with E-state index in [1.54, 1.807) is 36.4 Å². The molecule has 0 fully saturated rings. The number of halogens is 1. The second-order valence-electron chi connectivity index (χ2n) is 5.95. The minimum atomic E-state index is -0.583. The molecule has 0 spiro atoms. The third-order valence-electron chi connectivity index (χ3n) is 4.07. The highest BCUT2D eigenvalue weighted by Crippen LogP contribution is 2.24. The molecule has 0 bridgehead atoms. The lowest BCUT2D eigenvalue weighted by Gasteiger charge is -2.20. The normalized spacial score (nSPS) is 15.9. The van der Waals surface area contributed by atoms with Crippen molar-refractivity contribution in [2.75, 3.05) is 5.01 Å². The first kappa shape index (κ1) is 18.6. The number of hydrogen-bond donors (Lipinski definition) is 2. The van der Waals surface area contributed by atoms with Crippen LogP contribution < -0.4 is 15.9 Å². The number of benzene rings is 2. The Morgan fingerprint density at radius 1 is 1.00 bits per heavy atom. The van der Waals surface area contributed by atoms with Crippen LogP contribution in [0.15, 0.2) is 59.7 Å². The molecule has 1 aliphatic heterocycles. The zero-order chi connectivity index (χ0) is 19.4. The fourth-order valence-electron chi connectivity index (χ4n) is 2.68. The third kappa shape index (κ3) is 4.15. The molecule has 8 heteroatoms. The summed E-state index contributed by atoms with van der Waals surface area (Å²) in [6, 6.07) is 15.0. The van der Waals surface area contributed by atoms with Gasteiger partial charge in [-0.05, 0) is 31.2 Å². The number of hydrazine groups is 1. The predicted octanol–water partition coefficient (Wildman–Crippen LogP) is 2.32. The summed E-state index contributed by atoms with van der Waals surface area (Å²) >= 11 is 5.96. The van der Waals surface area contributed by atoms with E-state index in [-0.39, 0.29) is 28.5 Å². The van der Waals surface area contributed by atoms with Crippen molar-refractivity contribution in [3.8, 4) is 0 Å². The largest absolute Gasteiger partial charge is 0.298 e. The van der Waals surface area contributed by atoms with Crippen molar-refractivity contribution >= 4 is 40.6 Å². The topological polar surface area (TPSA) is 90.9 Å². The van der Waals surface area contributed by atoms with Gasteiger partial charge < -0.3 is 0 Å². The molecule has 0 saturated heterocycles. The SMILES string of the molecule is CC(=O)C1CC(C(=O)NNC(=O)c2ccccc2Cl)=NN1c1ccccc1. The van der Waals surface area contributed by atoms with E-state index in [1.165, 1.54) is 11.9 Å². The lowest BCUT2D eigenvalue weighted by Crippen LogP contribution is -2.45. The Kier molecular flexibility index (Phi) is 5.52. The van der Waals surface area contributed by atoms with Crippen LogP contribution in [-0.4, -0.2) is 29.4 Å². The molecule has 1 aliphatic rings. The van der Waals surface area contributed by atoms with Gasteiger partial charge in [-0.3, -0.25) is 30.2 Å². The highest BCUT2D eigenvalue weighted by Gasteiger charge is 2.34. The first-order valence-corrected chi connectivity index (χ1v) is 8.62. The highest BCUT2D eigenvalue weighted by molar-refractivity contribution is 6.40. The average molecular weight is 385 g/mol. The van der Waals surface area contributed by atoms with Crippen molar-refractivity contribution in [3.63, 3.8) is 0 Å². The van der Waals surface area contributed by atoms with Gasteiger partial charge in [0.2, 0.25) is 0 Å². The van der Waals surface area contributed by atoms with Crippen molar-refractivity contribution in [1.82, 2.24) is 10.9 Å². The van der Waals surface area contributed by atoms with Crippen LogP contribution in [0.4, 0.5) is 5.69 Å². The fraction of sp³-hybridized carbons (Fsp3) is 0.158. The Morgan fingerprint density at radius 3 is 2.30 bits per heavy atom. The van der Waals surface area contributed by atoms with Gasteiger partial charge >= 0.3 is 0 Å². The lowest BCUT2D eigenvalue weighted by atomic mass is 10.1. The van der Waals surface area contributed by atoms with E-state index in [4.69, 9.17) is 11.6 Å². The minimum Gasteiger partial charge on any atom is -0.298 e. The van der Waals surface area contributed by atoms with Crippen LogP contribution in [0.3, 0.4) is 0 Å². The number of ketones is 1. The van der Waals surface area contributed by atoms with E-state index in [9.17, 15) is 14.4 Å². The van der Waals surface area contributed by atoms with Crippen LogP contribution in [0, 0.1) is 0 Å². The maximum atomic E-state index is 12.4. The Morgan fingerprint density at radius 2 is 1.63 bits per heavy atom. The van der Waals surface area contributed by atoms with Crippen molar-refractivity contribution in [1.29, 1.82) is 0 Å². The molecule has 7 nitrogen and oxygen atoms in total. The summed E-state index contributed by atoms with van der Waals surface area (Å²) in [4.78, 5) is 36.5. The zero-order valence-electron chi connectivity index (χ0n) is 14.5. The molecular formula is C19H17ClN4O3. The van der Waals surface area contributed by atoms with E-state index >= 15 is 0 Å². The molecule has 2 amide bonds. The Bertz CT molecular complexity index is 914. The molecule has 2 aromatic rings. The lowest BCUT2D eigenvalue weighted by molar-refractivity contribution is -0.118. The Hall–Kier alpha value is -3.19. The van der Waals surface area contributed by atoms with Crippen LogP contribution in [0.2, 0.25) is 5.02 Å². The fourth-order valence-corrected chi connectivity index (χ4v) is 2.90. The third-order valence-corrected chi connectivity index (χ3v) is 4.40. The summed E-state index contributed by atoms with van der Waals surface area (Å²) in [7, 11) is 0. The number of anilines is 1. The number of rotatable bonds is 4. The number of carbonyl (C=O) groups is 3. The van der Waals surface area contributed by atoms with Crippen LogP contribution in [-0.2, 0) is 9.59 Å². The van der Waals surface area contributed by atoms with Gasteiger partial charge in [-0.15, -0.1) is 0 Å². The highest BCUT2D eigenvalue weighted by atomic mass is 35.5. The summed E-state index contributed by atoms with van der Waals surface area (Å²) in [6.07, 6.45) is 0.151. The molecular weight excluding hydrogens is 368 g/mol. The molecule has 0 saturated carbocycles. The van der Waals surface area contributed by atoms with E-state index < -0.39 is 17.9 Å². The second-order valence-corrected chi connectivity index (χ2v) is 6.35. The van der Waals surface area contributed by atoms with Gasteiger partial charge in [-0.1, -0.05) is 41.9 Å². The standard InChI is InChI=1S/C19H17ClN4O3/c1-12(25)17-11-16(23-24(17)13-7-3-2-4-8-13)19(27)22-21-18(26)14-9-5-6-10-15(14)20/h2-10,17H,11H2,1H3,(H,21,26)(H,22,27). The van der Waals surface area contributed by atoms with Gasteiger partial charge in [0, 0.05) is 6.42 Å². The molecule has 27 heavy (non-hydrogen) atoms. The van der Waals surface area contributed by atoms with Crippen molar-refractivity contribution in [3.05, 3.63) is 65.2 Å². The van der Waals surface area contributed by atoms with Gasteiger partial charge in [0.1, 0.15) is 11.8 Å². The Labute approximate surface area is 161 Å². The maximum Gasteiger partial charge on any atom is 0.285 e. The molecule has 138 valence electrons. The quantitative estimate of drug-likeness (QED) is 0.791. The summed E-state index contributed by atoms with van der Waals surface area (Å²) in [5.74, 6) is -1.24. The number of nitrogens with one attached hydrogen (secondary N) is 2. The van der Waals surface area contributed by atoms with E-state index in [0.29, 0.717) is 5.69 Å². The van der Waals surface area contributed by atoms with Crippen LogP contribution in [0.5, 0.6) is 0 Å². The summed E-state index contributed by atoms with van der Waals surface area (Å²) in [5.41, 5.74) is 5.72. The molecule has 2 aromatic carbocycles. The first-order valence-electron chi connectivity index (χ1n) is 8.25. The van der Waals surface area contributed by atoms with Crippen LogP contribution >= 0.6 is 11.6 Å². The molecule has 1 atom stereocenters. The minimum absolute atomic E-state index is 0.106. The number of carbonyl (C=O) groups excluding carboxylic acids is 3. The maximum absolute atomic E-state index is 12.4. The number of amides is 2. The monoisotopic (exact) mass is 384 g/mol. The van der Waals surface area contributed by atoms with E-state index in [2.05, 4.69) is 16.0 Å². The summed E-state index contributed by atoms with van der Waals surface area (Å²) in [5, 5.41) is 6.06. The van der Waals surface area contributed by atoms with E-state index in [0.717, 1.165) is 0 Å². The van der Waals surface area contributed by atoms with Gasteiger partial charge in [-0.25, -0.2) is 0 Å². The van der Waals surface area contributed by atoms with Gasteiger partial charge in [0.25, 0.3) is 11.8 Å². The second kappa shape index (κ2) is 8.01. The van der Waals surface area contributed by atoms with E-state index in [1.807, 2.05) is 18.2 Å². The zero-order valence-corrected chi connectivity index (χ0v) is 15.2. The number of Topliss-reactive ketones (excluding diaryl/α,β-unsaturated/α-hetero) is 1. The molecule has 1 heterocycles. The molecule has 0 radical (unpaired) electrons. The average Bonchev–Trinajstić information content (AvgIpc) is 3.13. The summed E-state index contributed by atoms with van der Waals surface area (Å²) in [6.45, 7) is 1.45. The van der Waals surface area contributed by atoms with Gasteiger partial charge in [0.05, 0.1) is 16.3 Å². The molecule has 1 unspecified atom stereocenters. The number of para-hydroxylation sites is 1. The summed E-state index contributed by atoms with van der Waals surface area (Å²) < 4.78 is 0. The number of nitrogens with zero attached hydrogens (tertiary/aromatic N) is 2. The smallest absolute Gasteiger partial charge is 0.285 e. The van der Waals surface area contributed by atoms with Crippen molar-refractivity contribution < 1.29 is 14.4 Å². The van der Waals surface area contributed by atoms with Crippen LogP contribution in [0.1, 0.15) is 23.7 Å². The molecule has 0 aromatic heterocycles. The van der Waals surface area contributed by atoms with Gasteiger partial charge in [-0.2, -0.15) is 5.10 Å². The molecule has 2 N–H and O–H groups in total. The number of hydrazone groups is 1. The Balaban J connectivity index is 1.70. The predicted molar refractivity (Wildman–Crippen MR) is 103 cm³/mol.